The quantitative estimate of drug-likeness (QED) is 0.852. The van der Waals surface area contributed by atoms with Crippen LogP contribution in [0.25, 0.3) is 0 Å². The second-order valence-corrected chi connectivity index (χ2v) is 6.14. The van der Waals surface area contributed by atoms with Gasteiger partial charge in [-0.3, -0.25) is 9.79 Å². The summed E-state index contributed by atoms with van der Waals surface area (Å²) in [5.41, 5.74) is 1.86. The summed E-state index contributed by atoms with van der Waals surface area (Å²) in [6.45, 7) is 0.215. The lowest BCUT2D eigenvalue weighted by Crippen LogP contribution is -2.22. The van der Waals surface area contributed by atoms with Gasteiger partial charge in [0.15, 0.2) is 6.61 Å². The van der Waals surface area contributed by atoms with Crippen LogP contribution in [0, 0.1) is 0 Å². The number of anilines is 1. The number of halogens is 4. The largest absolute Gasteiger partial charge is 0.484 e. The molecule has 0 fully saturated rings. The summed E-state index contributed by atoms with van der Waals surface area (Å²) in [4.78, 5) is 16.6. The highest BCUT2D eigenvalue weighted by Crippen LogP contribution is 2.31. The second-order valence-electron chi connectivity index (χ2n) is 5.73. The Kier molecular flexibility index (Phi) is 4.91. The molecule has 0 aromatic heterocycles. The van der Waals surface area contributed by atoms with E-state index in [0.717, 1.165) is 0 Å². The van der Waals surface area contributed by atoms with Crippen LogP contribution < -0.4 is 10.1 Å². The van der Waals surface area contributed by atoms with Crippen molar-refractivity contribution in [2.45, 2.75) is 19.1 Å². The van der Waals surface area contributed by atoms with Crippen LogP contribution in [0.1, 0.15) is 18.1 Å². The predicted octanol–water partition coefficient (Wildman–Crippen LogP) is 4.46. The van der Waals surface area contributed by atoms with Gasteiger partial charge in [0, 0.05) is 16.1 Å². The predicted molar refractivity (Wildman–Crippen MR) is 93.2 cm³/mol. The Morgan fingerprint density at radius 1 is 1.19 bits per heavy atom. The molecule has 0 saturated carbocycles. The zero-order valence-corrected chi connectivity index (χ0v) is 14.4. The minimum atomic E-state index is -4.45. The van der Waals surface area contributed by atoms with Gasteiger partial charge in [0.2, 0.25) is 5.91 Å². The van der Waals surface area contributed by atoms with Gasteiger partial charge in [-0.25, -0.2) is 0 Å². The lowest BCUT2D eigenvalue weighted by atomic mass is 10.00. The fraction of sp³-hybridized carbons (Fsp3) is 0.222. The molecule has 1 unspecified atom stereocenters. The van der Waals surface area contributed by atoms with Crippen LogP contribution >= 0.6 is 11.6 Å². The fourth-order valence-corrected chi connectivity index (χ4v) is 2.74. The van der Waals surface area contributed by atoms with Gasteiger partial charge in [0.05, 0.1) is 11.4 Å². The van der Waals surface area contributed by atoms with Crippen molar-refractivity contribution in [2.24, 2.45) is 4.99 Å². The summed E-state index contributed by atoms with van der Waals surface area (Å²) in [6, 6.07) is 10.5. The van der Waals surface area contributed by atoms with Gasteiger partial charge >= 0.3 is 6.18 Å². The number of benzene rings is 2. The number of rotatable bonds is 3. The molecular formula is C18H14ClF3N2O2. The topological polar surface area (TPSA) is 50.7 Å². The number of ether oxygens (including phenoxy) is 1. The highest BCUT2D eigenvalue weighted by molar-refractivity contribution is 6.36. The lowest BCUT2D eigenvalue weighted by molar-refractivity contribution is -0.153. The van der Waals surface area contributed by atoms with Crippen LogP contribution in [0.2, 0.25) is 5.02 Å². The molecule has 1 aliphatic heterocycles. The van der Waals surface area contributed by atoms with Crippen molar-refractivity contribution in [2.75, 3.05) is 11.9 Å². The SMILES string of the molecule is CC1N=C(c2ccccc2Cl)c2cc(OCC(F)(F)F)ccc2NC1=O. The highest BCUT2D eigenvalue weighted by atomic mass is 35.5. The Morgan fingerprint density at radius 2 is 1.92 bits per heavy atom. The van der Waals surface area contributed by atoms with Gasteiger partial charge in [-0.15, -0.1) is 0 Å². The van der Waals surface area contributed by atoms with Crippen LogP contribution in [0.5, 0.6) is 5.75 Å². The number of benzodiazepines with no additional fused rings is 1. The molecule has 26 heavy (non-hydrogen) atoms. The third-order valence-corrected chi connectivity index (χ3v) is 4.07. The summed E-state index contributed by atoms with van der Waals surface area (Å²) in [7, 11) is 0. The molecule has 1 atom stereocenters. The van der Waals surface area contributed by atoms with Gasteiger partial charge in [-0.05, 0) is 31.2 Å². The Balaban J connectivity index is 2.09. The summed E-state index contributed by atoms with van der Waals surface area (Å²) < 4.78 is 42.1. The molecule has 4 nitrogen and oxygen atoms in total. The number of aliphatic imine (C=N–C) groups is 1. The minimum Gasteiger partial charge on any atom is -0.484 e. The normalized spacial score (nSPS) is 17.0. The number of alkyl halides is 3. The van der Waals surface area contributed by atoms with Crippen molar-refractivity contribution in [1.82, 2.24) is 0 Å². The maximum absolute atomic E-state index is 12.4. The summed E-state index contributed by atoms with van der Waals surface area (Å²) in [5.74, 6) is -0.304. The van der Waals surface area contributed by atoms with Gasteiger partial charge in [-0.2, -0.15) is 13.2 Å². The van der Waals surface area contributed by atoms with Gasteiger partial charge < -0.3 is 10.1 Å². The molecule has 1 aliphatic rings. The van der Waals surface area contributed by atoms with E-state index < -0.39 is 18.8 Å². The second kappa shape index (κ2) is 6.99. The zero-order chi connectivity index (χ0) is 18.9. The van der Waals surface area contributed by atoms with Crippen LogP contribution in [-0.4, -0.2) is 30.4 Å². The number of fused-ring (bicyclic) bond motifs is 1. The van der Waals surface area contributed by atoms with E-state index in [0.29, 0.717) is 27.5 Å². The van der Waals surface area contributed by atoms with Crippen molar-refractivity contribution in [3.05, 3.63) is 58.6 Å². The van der Waals surface area contributed by atoms with Crippen molar-refractivity contribution in [3.8, 4) is 5.75 Å². The van der Waals surface area contributed by atoms with E-state index in [9.17, 15) is 18.0 Å². The van der Waals surface area contributed by atoms with Gasteiger partial charge in [-0.1, -0.05) is 29.8 Å². The van der Waals surface area contributed by atoms with Crippen LogP contribution in [-0.2, 0) is 4.79 Å². The summed E-state index contributed by atoms with van der Waals surface area (Å²) in [6.07, 6.45) is -4.45. The third kappa shape index (κ3) is 3.99. The van der Waals surface area contributed by atoms with Crippen LogP contribution in [0.15, 0.2) is 47.5 Å². The first-order valence-corrected chi connectivity index (χ1v) is 8.10. The third-order valence-electron chi connectivity index (χ3n) is 3.74. The molecule has 0 saturated heterocycles. The number of nitrogens with zero attached hydrogens (tertiary/aromatic N) is 1. The first kappa shape index (κ1) is 18.3. The molecule has 0 spiro atoms. The van der Waals surface area contributed by atoms with Crippen molar-refractivity contribution in [3.63, 3.8) is 0 Å². The number of hydrogen-bond donors (Lipinski definition) is 1. The van der Waals surface area contributed by atoms with E-state index >= 15 is 0 Å². The maximum atomic E-state index is 12.4. The van der Waals surface area contributed by atoms with Crippen molar-refractivity contribution in [1.29, 1.82) is 0 Å². The van der Waals surface area contributed by atoms with Crippen LogP contribution in [0.3, 0.4) is 0 Å². The molecule has 1 N–H and O–H groups in total. The highest BCUT2D eigenvalue weighted by Gasteiger charge is 2.29. The number of hydrogen-bond acceptors (Lipinski definition) is 3. The van der Waals surface area contributed by atoms with Gasteiger partial charge in [0.25, 0.3) is 0 Å². The van der Waals surface area contributed by atoms with E-state index in [-0.39, 0.29) is 11.7 Å². The Bertz CT molecular complexity index is 881. The van der Waals surface area contributed by atoms with E-state index in [2.05, 4.69) is 10.3 Å². The van der Waals surface area contributed by atoms with Crippen LogP contribution in [0.4, 0.5) is 18.9 Å². The maximum Gasteiger partial charge on any atom is 0.422 e. The summed E-state index contributed by atoms with van der Waals surface area (Å²) >= 11 is 6.26. The molecule has 0 bridgehead atoms. The first-order valence-electron chi connectivity index (χ1n) is 7.72. The average Bonchev–Trinajstić information content (AvgIpc) is 2.70. The molecule has 1 amide bonds. The smallest absolute Gasteiger partial charge is 0.422 e. The summed E-state index contributed by atoms with van der Waals surface area (Å²) in [5, 5.41) is 3.13. The molecule has 2 aromatic rings. The minimum absolute atomic E-state index is 0.0182. The Hall–Kier alpha value is -2.54. The van der Waals surface area contributed by atoms with E-state index in [4.69, 9.17) is 16.3 Å². The number of amides is 1. The fourth-order valence-electron chi connectivity index (χ4n) is 2.51. The standard InChI is InChI=1S/C18H14ClF3N2O2/c1-10-17(25)24-15-7-6-11(26-9-18(20,21)22)8-13(15)16(23-10)12-4-2-3-5-14(12)19/h2-8,10H,9H2,1H3,(H,24,25). The molecule has 0 radical (unpaired) electrons. The zero-order valence-electron chi connectivity index (χ0n) is 13.6. The number of carbonyl (C=O) groups excluding carboxylic acids is 1. The molecule has 136 valence electrons. The van der Waals surface area contributed by atoms with E-state index in [1.54, 1.807) is 31.2 Å². The molecule has 1 heterocycles. The van der Waals surface area contributed by atoms with E-state index in [1.807, 2.05) is 0 Å². The monoisotopic (exact) mass is 382 g/mol. The molecule has 8 heteroatoms. The number of carbonyl (C=O) groups is 1. The average molecular weight is 383 g/mol. The molecular weight excluding hydrogens is 369 g/mol. The molecule has 0 aliphatic carbocycles. The van der Waals surface area contributed by atoms with E-state index in [1.165, 1.54) is 18.2 Å². The number of nitrogens with one attached hydrogen (secondary N) is 1. The molecule has 3 rings (SSSR count). The Labute approximate surface area is 152 Å². The van der Waals surface area contributed by atoms with Crippen molar-refractivity contribution < 1.29 is 22.7 Å². The Morgan fingerprint density at radius 3 is 2.62 bits per heavy atom. The lowest BCUT2D eigenvalue weighted by Gasteiger charge is -2.14. The molecule has 2 aromatic carbocycles. The van der Waals surface area contributed by atoms with Gasteiger partial charge in [0.1, 0.15) is 11.8 Å². The first-order chi connectivity index (χ1) is 12.2. The van der Waals surface area contributed by atoms with Crippen molar-refractivity contribution >= 4 is 28.9 Å².